The predicted octanol–water partition coefficient (Wildman–Crippen LogP) is 5.18. The number of anilines is 2. The van der Waals surface area contributed by atoms with E-state index in [-0.39, 0.29) is 11.6 Å². The maximum Gasteiger partial charge on any atom is 0.204 e. The highest BCUT2D eigenvalue weighted by Gasteiger charge is 2.15. The van der Waals surface area contributed by atoms with Crippen LogP contribution in [0.5, 0.6) is 0 Å². The van der Waals surface area contributed by atoms with E-state index >= 15 is 0 Å². The van der Waals surface area contributed by atoms with E-state index in [0.29, 0.717) is 21.3 Å². The minimum atomic E-state index is -0.298. The van der Waals surface area contributed by atoms with Crippen LogP contribution < -0.4 is 5.32 Å². The summed E-state index contributed by atoms with van der Waals surface area (Å²) in [6, 6.07) is 10.4. The Morgan fingerprint density at radius 2 is 1.88 bits per heavy atom. The van der Waals surface area contributed by atoms with Crippen molar-refractivity contribution in [2.24, 2.45) is 0 Å². The molecule has 24 heavy (non-hydrogen) atoms. The number of aryl methyl sites for hydroxylation is 2. The molecule has 0 unspecified atom stereocenters. The number of nitrogens with zero attached hydrogens (tertiary/aromatic N) is 1. The van der Waals surface area contributed by atoms with Gasteiger partial charge in [-0.05, 0) is 49.6 Å². The van der Waals surface area contributed by atoms with Crippen LogP contribution in [-0.4, -0.2) is 10.8 Å². The van der Waals surface area contributed by atoms with Crippen molar-refractivity contribution in [3.05, 3.63) is 75.5 Å². The van der Waals surface area contributed by atoms with Gasteiger partial charge in [-0.15, -0.1) is 0 Å². The predicted molar refractivity (Wildman–Crippen MR) is 95.9 cm³/mol. The maximum absolute atomic E-state index is 13.6. The van der Waals surface area contributed by atoms with Gasteiger partial charge < -0.3 is 5.32 Å². The SMILES string of the molecule is Cc1ccccc1C(=O)c1cnc(Nc2cc(F)cc(C)c2C)s1. The van der Waals surface area contributed by atoms with Crippen LogP contribution in [0, 0.1) is 26.6 Å². The van der Waals surface area contributed by atoms with Gasteiger partial charge in [0.05, 0.1) is 11.1 Å². The molecule has 1 aromatic heterocycles. The van der Waals surface area contributed by atoms with Gasteiger partial charge >= 0.3 is 0 Å². The van der Waals surface area contributed by atoms with E-state index in [9.17, 15) is 9.18 Å². The molecule has 2 aromatic carbocycles. The Kier molecular flexibility index (Phi) is 4.44. The number of nitrogens with one attached hydrogen (secondary N) is 1. The number of ketones is 1. The second-order valence-corrected chi connectivity index (χ2v) is 6.72. The Labute approximate surface area is 144 Å². The molecule has 0 saturated carbocycles. The molecule has 3 rings (SSSR count). The van der Waals surface area contributed by atoms with Gasteiger partial charge in [-0.2, -0.15) is 0 Å². The van der Waals surface area contributed by atoms with Crippen LogP contribution in [-0.2, 0) is 0 Å². The lowest BCUT2D eigenvalue weighted by Crippen LogP contribution is -2.00. The fourth-order valence-electron chi connectivity index (χ4n) is 2.46. The number of halogens is 1. The number of thiazole rings is 1. The third-order valence-electron chi connectivity index (χ3n) is 3.99. The number of hydrogen-bond donors (Lipinski definition) is 1. The number of benzene rings is 2. The zero-order valence-corrected chi connectivity index (χ0v) is 14.5. The molecule has 0 saturated heterocycles. The Morgan fingerprint density at radius 1 is 1.12 bits per heavy atom. The molecule has 0 spiro atoms. The lowest BCUT2D eigenvalue weighted by molar-refractivity contribution is 0.104. The van der Waals surface area contributed by atoms with Crippen LogP contribution in [0.25, 0.3) is 0 Å². The van der Waals surface area contributed by atoms with Crippen LogP contribution in [0.1, 0.15) is 31.9 Å². The van der Waals surface area contributed by atoms with Crippen LogP contribution in [0.2, 0.25) is 0 Å². The molecule has 1 heterocycles. The summed E-state index contributed by atoms with van der Waals surface area (Å²) in [7, 11) is 0. The third-order valence-corrected chi connectivity index (χ3v) is 4.90. The van der Waals surface area contributed by atoms with Crippen molar-refractivity contribution in [2.45, 2.75) is 20.8 Å². The zero-order chi connectivity index (χ0) is 17.3. The molecule has 1 N–H and O–H groups in total. The monoisotopic (exact) mass is 340 g/mol. The second-order valence-electron chi connectivity index (χ2n) is 5.69. The quantitative estimate of drug-likeness (QED) is 0.665. The van der Waals surface area contributed by atoms with Crippen molar-refractivity contribution >= 4 is 27.9 Å². The smallest absolute Gasteiger partial charge is 0.204 e. The largest absolute Gasteiger partial charge is 0.331 e. The molecule has 0 aliphatic carbocycles. The van der Waals surface area contributed by atoms with E-state index in [1.165, 1.54) is 23.5 Å². The lowest BCUT2D eigenvalue weighted by Gasteiger charge is -2.09. The van der Waals surface area contributed by atoms with Gasteiger partial charge in [0.25, 0.3) is 0 Å². The van der Waals surface area contributed by atoms with Gasteiger partial charge in [-0.3, -0.25) is 4.79 Å². The highest BCUT2D eigenvalue weighted by atomic mass is 32.1. The van der Waals surface area contributed by atoms with E-state index in [2.05, 4.69) is 10.3 Å². The average molecular weight is 340 g/mol. The number of carbonyl (C=O) groups is 1. The van der Waals surface area contributed by atoms with Crippen LogP contribution in [0.3, 0.4) is 0 Å². The number of aromatic nitrogens is 1. The maximum atomic E-state index is 13.6. The Balaban J connectivity index is 1.87. The molecular weight excluding hydrogens is 323 g/mol. The molecule has 0 bridgehead atoms. The molecular formula is C19H17FN2OS. The number of carbonyl (C=O) groups excluding carboxylic acids is 1. The van der Waals surface area contributed by atoms with Gasteiger partial charge in [0.15, 0.2) is 5.13 Å². The molecule has 122 valence electrons. The van der Waals surface area contributed by atoms with E-state index in [1.807, 2.05) is 45.0 Å². The standard InChI is InChI=1S/C19H17FN2OS/c1-11-6-4-5-7-15(11)18(23)17-10-21-19(24-17)22-16-9-14(20)8-12(2)13(16)3/h4-10H,1-3H3,(H,21,22). The first-order chi connectivity index (χ1) is 11.5. The van der Waals surface area contributed by atoms with Crippen molar-refractivity contribution in [1.29, 1.82) is 0 Å². The summed E-state index contributed by atoms with van der Waals surface area (Å²) in [5, 5.41) is 3.68. The number of rotatable bonds is 4. The summed E-state index contributed by atoms with van der Waals surface area (Å²) in [6.07, 6.45) is 1.56. The first-order valence-electron chi connectivity index (χ1n) is 7.55. The molecule has 0 radical (unpaired) electrons. The summed E-state index contributed by atoms with van der Waals surface area (Å²) in [5.41, 5.74) is 4.09. The summed E-state index contributed by atoms with van der Waals surface area (Å²) in [4.78, 5) is 17.4. The fourth-order valence-corrected chi connectivity index (χ4v) is 3.24. The van der Waals surface area contributed by atoms with E-state index < -0.39 is 0 Å². The molecule has 0 atom stereocenters. The van der Waals surface area contributed by atoms with E-state index in [4.69, 9.17) is 0 Å². The lowest BCUT2D eigenvalue weighted by atomic mass is 10.0. The first kappa shape index (κ1) is 16.3. The first-order valence-corrected chi connectivity index (χ1v) is 8.37. The van der Waals surface area contributed by atoms with Crippen LogP contribution in [0.4, 0.5) is 15.2 Å². The fraction of sp³-hybridized carbons (Fsp3) is 0.158. The van der Waals surface area contributed by atoms with Gasteiger partial charge in [0.2, 0.25) is 5.78 Å². The summed E-state index contributed by atoms with van der Waals surface area (Å²) >= 11 is 1.27. The Bertz CT molecular complexity index is 917. The zero-order valence-electron chi connectivity index (χ0n) is 13.7. The van der Waals surface area contributed by atoms with E-state index in [1.54, 1.807) is 6.20 Å². The van der Waals surface area contributed by atoms with Crippen LogP contribution >= 0.6 is 11.3 Å². The van der Waals surface area contributed by atoms with Crippen molar-refractivity contribution in [1.82, 2.24) is 4.98 Å². The molecule has 0 fully saturated rings. The molecule has 0 amide bonds. The third kappa shape index (κ3) is 3.21. The van der Waals surface area contributed by atoms with Gasteiger partial charge in [-0.1, -0.05) is 35.6 Å². The average Bonchev–Trinajstić information content (AvgIpc) is 3.00. The van der Waals surface area contributed by atoms with Gasteiger partial charge in [-0.25, -0.2) is 9.37 Å². The van der Waals surface area contributed by atoms with Crippen molar-refractivity contribution < 1.29 is 9.18 Å². The summed E-state index contributed by atoms with van der Waals surface area (Å²) < 4.78 is 13.6. The Morgan fingerprint density at radius 3 is 2.62 bits per heavy atom. The molecule has 0 aliphatic heterocycles. The topological polar surface area (TPSA) is 42.0 Å². The van der Waals surface area contributed by atoms with Crippen molar-refractivity contribution in [2.75, 3.05) is 5.32 Å². The minimum Gasteiger partial charge on any atom is -0.331 e. The minimum absolute atomic E-state index is 0.0502. The normalized spacial score (nSPS) is 10.7. The van der Waals surface area contributed by atoms with Crippen molar-refractivity contribution in [3.63, 3.8) is 0 Å². The van der Waals surface area contributed by atoms with Crippen LogP contribution in [0.15, 0.2) is 42.6 Å². The molecule has 5 heteroatoms. The second kappa shape index (κ2) is 6.53. The van der Waals surface area contributed by atoms with Gasteiger partial charge in [0.1, 0.15) is 5.82 Å². The Hall–Kier alpha value is -2.53. The molecule has 0 aliphatic rings. The van der Waals surface area contributed by atoms with Gasteiger partial charge in [0, 0.05) is 11.3 Å². The highest BCUT2D eigenvalue weighted by Crippen LogP contribution is 2.28. The van der Waals surface area contributed by atoms with E-state index in [0.717, 1.165) is 16.7 Å². The molecule has 3 aromatic rings. The summed E-state index contributed by atoms with van der Waals surface area (Å²) in [5.74, 6) is -0.348. The number of hydrogen-bond acceptors (Lipinski definition) is 4. The highest BCUT2D eigenvalue weighted by molar-refractivity contribution is 7.17. The molecule has 3 nitrogen and oxygen atoms in total. The van der Waals surface area contributed by atoms with Crippen molar-refractivity contribution in [3.8, 4) is 0 Å². The summed E-state index contributed by atoms with van der Waals surface area (Å²) in [6.45, 7) is 5.69.